The molecule has 0 spiro atoms. The molecular formula is C14H15NO5. The van der Waals surface area contributed by atoms with Crippen molar-refractivity contribution in [3.8, 4) is 0 Å². The van der Waals surface area contributed by atoms with Crippen LogP contribution in [0, 0.1) is 5.92 Å². The lowest BCUT2D eigenvalue weighted by Crippen LogP contribution is -2.30. The predicted molar refractivity (Wildman–Crippen MR) is 69.1 cm³/mol. The van der Waals surface area contributed by atoms with Gasteiger partial charge in [-0.1, -0.05) is 6.07 Å². The molecule has 1 aromatic rings. The van der Waals surface area contributed by atoms with Crippen LogP contribution in [-0.2, 0) is 27.3 Å². The van der Waals surface area contributed by atoms with Crippen LogP contribution in [0.4, 0.5) is 0 Å². The third-order valence-electron chi connectivity index (χ3n) is 3.38. The first-order chi connectivity index (χ1) is 9.51. The van der Waals surface area contributed by atoms with Gasteiger partial charge in [-0.15, -0.1) is 0 Å². The Kier molecular flexibility index (Phi) is 4.02. The molecule has 20 heavy (non-hydrogen) atoms. The largest absolute Gasteiger partial charge is 0.478 e. The van der Waals surface area contributed by atoms with E-state index in [0.29, 0.717) is 6.42 Å². The molecule has 0 fully saturated rings. The van der Waals surface area contributed by atoms with Gasteiger partial charge in [0.25, 0.3) is 0 Å². The molecule has 0 saturated carbocycles. The summed E-state index contributed by atoms with van der Waals surface area (Å²) in [7, 11) is 1.28. The van der Waals surface area contributed by atoms with Crippen molar-refractivity contribution in [2.75, 3.05) is 7.11 Å². The molecule has 2 rings (SSSR count). The van der Waals surface area contributed by atoms with Crippen molar-refractivity contribution in [2.45, 2.75) is 19.4 Å². The number of hydrogen-bond acceptors (Lipinski definition) is 4. The molecule has 106 valence electrons. The minimum Gasteiger partial charge on any atom is -0.478 e. The Morgan fingerprint density at radius 1 is 1.40 bits per heavy atom. The number of carboxylic acids is 1. The van der Waals surface area contributed by atoms with Crippen LogP contribution in [0.15, 0.2) is 18.2 Å². The summed E-state index contributed by atoms with van der Waals surface area (Å²) in [5, 5.41) is 11.7. The number of ether oxygens (including phenoxy) is 1. The summed E-state index contributed by atoms with van der Waals surface area (Å²) in [6.07, 6.45) is 0.415. The minimum absolute atomic E-state index is 0.0163. The highest BCUT2D eigenvalue weighted by atomic mass is 16.5. The predicted octanol–water partition coefficient (Wildman–Crippen LogP) is 0.736. The maximum atomic E-state index is 11.9. The average molecular weight is 277 g/mol. The number of carboxylic acid groups (broad SMARTS) is 1. The molecule has 2 N–H and O–H groups in total. The van der Waals surface area contributed by atoms with Crippen LogP contribution < -0.4 is 5.32 Å². The second-order valence-electron chi connectivity index (χ2n) is 4.69. The second-order valence-corrected chi connectivity index (χ2v) is 4.69. The van der Waals surface area contributed by atoms with Crippen LogP contribution in [0.25, 0.3) is 0 Å². The second kappa shape index (κ2) is 5.73. The number of nitrogens with one attached hydrogen (secondary N) is 1. The first-order valence-electron chi connectivity index (χ1n) is 6.21. The van der Waals surface area contributed by atoms with Crippen molar-refractivity contribution in [1.82, 2.24) is 5.32 Å². The molecule has 6 nitrogen and oxygen atoms in total. The van der Waals surface area contributed by atoms with E-state index >= 15 is 0 Å². The topological polar surface area (TPSA) is 92.7 Å². The van der Waals surface area contributed by atoms with Gasteiger partial charge in [0, 0.05) is 6.54 Å². The molecule has 0 aromatic heterocycles. The van der Waals surface area contributed by atoms with Crippen LogP contribution in [0.1, 0.15) is 27.9 Å². The maximum absolute atomic E-state index is 11.9. The Hall–Kier alpha value is -2.37. The fourth-order valence-corrected chi connectivity index (χ4v) is 2.26. The highest BCUT2D eigenvalue weighted by Crippen LogP contribution is 2.22. The van der Waals surface area contributed by atoms with Crippen LogP contribution in [-0.4, -0.2) is 30.1 Å². The summed E-state index contributed by atoms with van der Waals surface area (Å²) in [6, 6.07) is 4.76. The van der Waals surface area contributed by atoms with E-state index < -0.39 is 17.9 Å². The molecule has 1 heterocycles. The number of carbonyl (C=O) groups excluding carboxylic acids is 2. The van der Waals surface area contributed by atoms with Gasteiger partial charge in [-0.3, -0.25) is 9.59 Å². The minimum atomic E-state index is -1.01. The van der Waals surface area contributed by atoms with Gasteiger partial charge in [-0.2, -0.15) is 0 Å². The highest BCUT2D eigenvalue weighted by molar-refractivity contribution is 5.88. The Labute approximate surface area is 115 Å². The molecule has 0 bridgehead atoms. The number of fused-ring (bicyclic) bond motifs is 1. The lowest BCUT2D eigenvalue weighted by atomic mass is 9.93. The molecule has 1 unspecified atom stereocenters. The third kappa shape index (κ3) is 2.96. The van der Waals surface area contributed by atoms with Gasteiger partial charge < -0.3 is 15.2 Å². The first-order valence-corrected chi connectivity index (χ1v) is 6.21. The van der Waals surface area contributed by atoms with E-state index in [1.165, 1.54) is 13.2 Å². The molecule has 1 aliphatic heterocycles. The van der Waals surface area contributed by atoms with Crippen LogP contribution in [0.5, 0.6) is 0 Å². The van der Waals surface area contributed by atoms with Crippen molar-refractivity contribution < 1.29 is 24.2 Å². The summed E-state index contributed by atoms with van der Waals surface area (Å²) >= 11 is 0. The fourth-order valence-electron chi connectivity index (χ4n) is 2.26. The van der Waals surface area contributed by atoms with Gasteiger partial charge in [0.1, 0.15) is 0 Å². The standard InChI is InChI=1S/C14H15NO5/c1-20-12(16)6-10-4-8-2-3-9(14(18)19)5-11(8)7-15-13(10)17/h2-3,5,10H,4,6-7H2,1H3,(H,15,17)(H,18,19). The number of benzene rings is 1. The van der Waals surface area contributed by atoms with Gasteiger partial charge in [0.2, 0.25) is 5.91 Å². The zero-order chi connectivity index (χ0) is 14.7. The number of rotatable bonds is 3. The Balaban J connectivity index is 2.25. The van der Waals surface area contributed by atoms with Gasteiger partial charge in [-0.05, 0) is 29.7 Å². The normalized spacial score (nSPS) is 17.6. The number of aromatic carboxylic acids is 1. The van der Waals surface area contributed by atoms with Crippen molar-refractivity contribution in [1.29, 1.82) is 0 Å². The number of amides is 1. The Morgan fingerprint density at radius 2 is 2.15 bits per heavy atom. The van der Waals surface area contributed by atoms with Crippen LogP contribution >= 0.6 is 0 Å². The average Bonchev–Trinajstić information content (AvgIpc) is 2.58. The molecule has 1 aliphatic rings. The van der Waals surface area contributed by atoms with Crippen LogP contribution in [0.3, 0.4) is 0 Å². The molecule has 6 heteroatoms. The number of hydrogen-bond donors (Lipinski definition) is 2. The van der Waals surface area contributed by atoms with Crippen molar-refractivity contribution >= 4 is 17.8 Å². The number of methoxy groups -OCH3 is 1. The van der Waals surface area contributed by atoms with Crippen molar-refractivity contribution in [2.24, 2.45) is 5.92 Å². The van der Waals surface area contributed by atoms with E-state index in [-0.39, 0.29) is 24.4 Å². The summed E-state index contributed by atoms with van der Waals surface area (Å²) in [6.45, 7) is 0.271. The van der Waals surface area contributed by atoms with Crippen molar-refractivity contribution in [3.63, 3.8) is 0 Å². The molecular weight excluding hydrogens is 262 g/mol. The van der Waals surface area contributed by atoms with Gasteiger partial charge in [-0.25, -0.2) is 4.79 Å². The maximum Gasteiger partial charge on any atom is 0.335 e. The van der Waals surface area contributed by atoms with Crippen molar-refractivity contribution in [3.05, 3.63) is 34.9 Å². The molecule has 0 saturated heterocycles. The molecule has 0 aliphatic carbocycles. The van der Waals surface area contributed by atoms with E-state index in [4.69, 9.17) is 5.11 Å². The van der Waals surface area contributed by atoms with E-state index in [2.05, 4.69) is 10.1 Å². The zero-order valence-electron chi connectivity index (χ0n) is 11.0. The molecule has 1 amide bonds. The van der Waals surface area contributed by atoms with E-state index in [0.717, 1.165) is 11.1 Å². The van der Waals surface area contributed by atoms with Crippen LogP contribution in [0.2, 0.25) is 0 Å². The molecule has 1 atom stereocenters. The van der Waals surface area contributed by atoms with Gasteiger partial charge in [0.05, 0.1) is 25.0 Å². The lowest BCUT2D eigenvalue weighted by Gasteiger charge is -2.11. The van der Waals surface area contributed by atoms with Gasteiger partial charge >= 0.3 is 11.9 Å². The van der Waals surface area contributed by atoms with E-state index in [1.807, 2.05) is 0 Å². The summed E-state index contributed by atoms with van der Waals surface area (Å²) < 4.78 is 4.58. The van der Waals surface area contributed by atoms with Gasteiger partial charge in [0.15, 0.2) is 0 Å². The number of carbonyl (C=O) groups is 3. The Morgan fingerprint density at radius 3 is 2.80 bits per heavy atom. The zero-order valence-corrected chi connectivity index (χ0v) is 11.0. The Bertz CT molecular complexity index is 567. The lowest BCUT2D eigenvalue weighted by molar-refractivity contribution is -0.144. The van der Waals surface area contributed by atoms with E-state index in [9.17, 15) is 14.4 Å². The fraction of sp³-hybridized carbons (Fsp3) is 0.357. The quantitative estimate of drug-likeness (QED) is 0.795. The summed E-state index contributed by atoms with van der Waals surface area (Å²) in [5.41, 5.74) is 1.83. The summed E-state index contributed by atoms with van der Waals surface area (Å²) in [4.78, 5) is 34.2. The first kappa shape index (κ1) is 14.0. The molecule has 1 aromatic carbocycles. The summed E-state index contributed by atoms with van der Waals surface area (Å²) in [5.74, 6) is -2.15. The molecule has 0 radical (unpaired) electrons. The monoisotopic (exact) mass is 277 g/mol. The third-order valence-corrected chi connectivity index (χ3v) is 3.38. The SMILES string of the molecule is COC(=O)CC1Cc2ccc(C(=O)O)cc2CNC1=O. The number of esters is 1. The smallest absolute Gasteiger partial charge is 0.335 e. The highest BCUT2D eigenvalue weighted by Gasteiger charge is 2.26. The van der Waals surface area contributed by atoms with E-state index in [1.54, 1.807) is 12.1 Å².